The minimum absolute atomic E-state index is 0.186. The summed E-state index contributed by atoms with van der Waals surface area (Å²) in [5.74, 6) is -0.0294. The molecule has 1 aliphatic rings. The summed E-state index contributed by atoms with van der Waals surface area (Å²) < 4.78 is 13.4. The van der Waals surface area contributed by atoms with E-state index in [0.29, 0.717) is 11.6 Å². The quantitative estimate of drug-likeness (QED) is 0.607. The highest BCUT2D eigenvalue weighted by atomic mass is 19.1. The summed E-state index contributed by atoms with van der Waals surface area (Å²) in [6.45, 7) is 8.21. The van der Waals surface area contributed by atoms with Crippen LogP contribution in [-0.2, 0) is 0 Å². The summed E-state index contributed by atoms with van der Waals surface area (Å²) in [4.78, 5) is 12.2. The summed E-state index contributed by atoms with van der Waals surface area (Å²) in [6, 6.07) is 3.78. The Hall–Kier alpha value is -1.65. The van der Waals surface area contributed by atoms with Crippen LogP contribution in [0.3, 0.4) is 0 Å². The van der Waals surface area contributed by atoms with Gasteiger partial charge in [0.25, 0.3) is 5.69 Å². The van der Waals surface area contributed by atoms with Gasteiger partial charge in [0.2, 0.25) is 0 Å². The molecule has 1 aliphatic heterocycles. The van der Waals surface area contributed by atoms with Crippen molar-refractivity contribution in [3.63, 3.8) is 0 Å². The SMILES string of the molecule is CC(C)(C)C1CCN(c2cc(F)cc([N+](=O)[O-])c2)C1. The van der Waals surface area contributed by atoms with Crippen LogP contribution < -0.4 is 4.90 Å². The van der Waals surface area contributed by atoms with Gasteiger partial charge in [0, 0.05) is 24.8 Å². The van der Waals surface area contributed by atoms with Crippen LogP contribution >= 0.6 is 0 Å². The monoisotopic (exact) mass is 266 g/mol. The van der Waals surface area contributed by atoms with Crippen LogP contribution in [0.5, 0.6) is 0 Å². The Bertz CT molecular complexity index is 497. The van der Waals surface area contributed by atoms with Crippen molar-refractivity contribution in [2.24, 2.45) is 11.3 Å². The minimum Gasteiger partial charge on any atom is -0.371 e. The van der Waals surface area contributed by atoms with E-state index in [-0.39, 0.29) is 11.1 Å². The molecule has 1 unspecified atom stereocenters. The number of hydrogen-bond acceptors (Lipinski definition) is 3. The van der Waals surface area contributed by atoms with Crippen molar-refractivity contribution in [2.45, 2.75) is 27.2 Å². The fraction of sp³-hybridized carbons (Fsp3) is 0.571. The molecule has 5 heteroatoms. The Morgan fingerprint density at radius 1 is 1.37 bits per heavy atom. The van der Waals surface area contributed by atoms with Crippen molar-refractivity contribution in [1.82, 2.24) is 0 Å². The van der Waals surface area contributed by atoms with E-state index in [4.69, 9.17) is 0 Å². The van der Waals surface area contributed by atoms with Gasteiger partial charge >= 0.3 is 0 Å². The third-order valence-electron chi connectivity index (χ3n) is 3.86. The van der Waals surface area contributed by atoms with E-state index in [1.165, 1.54) is 12.1 Å². The molecule has 4 nitrogen and oxygen atoms in total. The molecule has 1 aromatic carbocycles. The van der Waals surface area contributed by atoms with Crippen LogP contribution in [-0.4, -0.2) is 18.0 Å². The molecule has 0 spiro atoms. The van der Waals surface area contributed by atoms with Crippen molar-refractivity contribution in [1.29, 1.82) is 0 Å². The molecule has 0 N–H and O–H groups in total. The van der Waals surface area contributed by atoms with Gasteiger partial charge in [-0.25, -0.2) is 4.39 Å². The number of anilines is 1. The number of halogens is 1. The van der Waals surface area contributed by atoms with Gasteiger partial charge in [-0.3, -0.25) is 10.1 Å². The zero-order valence-electron chi connectivity index (χ0n) is 11.5. The second-order valence-electron chi connectivity index (χ2n) is 6.22. The van der Waals surface area contributed by atoms with Gasteiger partial charge in [-0.1, -0.05) is 20.8 Å². The molecular formula is C14H19FN2O2. The van der Waals surface area contributed by atoms with Crippen LogP contribution in [0.25, 0.3) is 0 Å². The number of benzene rings is 1. The van der Waals surface area contributed by atoms with E-state index < -0.39 is 10.7 Å². The van der Waals surface area contributed by atoms with E-state index in [1.54, 1.807) is 0 Å². The van der Waals surface area contributed by atoms with E-state index in [9.17, 15) is 14.5 Å². The molecule has 0 saturated carbocycles. The first-order valence-corrected chi connectivity index (χ1v) is 6.47. The highest BCUT2D eigenvalue weighted by molar-refractivity contribution is 5.54. The average molecular weight is 266 g/mol. The molecule has 2 rings (SSSR count). The molecular weight excluding hydrogens is 247 g/mol. The molecule has 1 heterocycles. The Labute approximate surface area is 112 Å². The Morgan fingerprint density at radius 2 is 2.05 bits per heavy atom. The third kappa shape index (κ3) is 3.03. The maximum atomic E-state index is 13.4. The fourth-order valence-corrected chi connectivity index (χ4v) is 2.55. The van der Waals surface area contributed by atoms with Crippen LogP contribution in [0.1, 0.15) is 27.2 Å². The maximum absolute atomic E-state index is 13.4. The van der Waals surface area contributed by atoms with Gasteiger partial charge in [-0.15, -0.1) is 0 Å². The normalized spacial score (nSPS) is 19.8. The Morgan fingerprint density at radius 3 is 2.58 bits per heavy atom. The smallest absolute Gasteiger partial charge is 0.274 e. The van der Waals surface area contributed by atoms with E-state index in [1.807, 2.05) is 4.90 Å². The zero-order valence-corrected chi connectivity index (χ0v) is 11.5. The highest BCUT2D eigenvalue weighted by Gasteiger charge is 2.32. The molecule has 1 fully saturated rings. The minimum atomic E-state index is -0.552. The highest BCUT2D eigenvalue weighted by Crippen LogP contribution is 2.36. The number of nitro groups is 1. The molecule has 1 saturated heterocycles. The fourth-order valence-electron chi connectivity index (χ4n) is 2.55. The molecule has 0 aromatic heterocycles. The van der Waals surface area contributed by atoms with Crippen LogP contribution in [0.15, 0.2) is 18.2 Å². The number of hydrogen-bond donors (Lipinski definition) is 0. The van der Waals surface area contributed by atoms with Crippen molar-refractivity contribution < 1.29 is 9.31 Å². The van der Waals surface area contributed by atoms with Gasteiger partial charge in [0.05, 0.1) is 11.0 Å². The van der Waals surface area contributed by atoms with Crippen LogP contribution in [0, 0.1) is 27.3 Å². The van der Waals surface area contributed by atoms with Gasteiger partial charge in [-0.05, 0) is 23.8 Å². The van der Waals surface area contributed by atoms with Gasteiger partial charge in [0.15, 0.2) is 0 Å². The van der Waals surface area contributed by atoms with Crippen molar-refractivity contribution in [3.8, 4) is 0 Å². The zero-order chi connectivity index (χ0) is 14.2. The second-order valence-corrected chi connectivity index (χ2v) is 6.22. The second kappa shape index (κ2) is 4.79. The lowest BCUT2D eigenvalue weighted by molar-refractivity contribution is -0.385. The molecule has 0 aliphatic carbocycles. The number of rotatable bonds is 2. The summed E-state index contributed by atoms with van der Waals surface area (Å²) >= 11 is 0. The number of non-ortho nitro benzene ring substituents is 1. The first-order valence-electron chi connectivity index (χ1n) is 6.47. The number of nitrogens with zero attached hydrogens (tertiary/aromatic N) is 2. The molecule has 19 heavy (non-hydrogen) atoms. The lowest BCUT2D eigenvalue weighted by Gasteiger charge is -2.27. The first kappa shape index (κ1) is 13.8. The molecule has 1 atom stereocenters. The standard InChI is InChI=1S/C14H19FN2O2/c1-14(2,3)10-4-5-16(9-10)12-6-11(15)7-13(8-12)17(18)19/h6-8,10H,4-5,9H2,1-3H3. The van der Waals surface area contributed by atoms with Crippen molar-refractivity contribution in [2.75, 3.05) is 18.0 Å². The van der Waals surface area contributed by atoms with Gasteiger partial charge in [0.1, 0.15) is 5.82 Å². The molecule has 0 amide bonds. The maximum Gasteiger partial charge on any atom is 0.274 e. The molecule has 104 valence electrons. The predicted octanol–water partition coefficient (Wildman–Crippen LogP) is 3.61. The predicted molar refractivity (Wildman–Crippen MR) is 72.8 cm³/mol. The van der Waals surface area contributed by atoms with Crippen molar-refractivity contribution >= 4 is 11.4 Å². The topological polar surface area (TPSA) is 46.4 Å². The average Bonchev–Trinajstić information content (AvgIpc) is 2.76. The van der Waals surface area contributed by atoms with E-state index >= 15 is 0 Å². The third-order valence-corrected chi connectivity index (χ3v) is 3.86. The van der Waals surface area contributed by atoms with Gasteiger partial charge in [-0.2, -0.15) is 0 Å². The lowest BCUT2D eigenvalue weighted by Crippen LogP contribution is -2.25. The lowest BCUT2D eigenvalue weighted by atomic mass is 9.80. The molecule has 1 aromatic rings. The Kier molecular flexibility index (Phi) is 3.47. The van der Waals surface area contributed by atoms with Crippen LogP contribution in [0.4, 0.5) is 15.8 Å². The molecule has 0 bridgehead atoms. The summed E-state index contributed by atoms with van der Waals surface area (Å²) in [5.41, 5.74) is 0.626. The first-order chi connectivity index (χ1) is 8.77. The van der Waals surface area contributed by atoms with E-state index in [0.717, 1.165) is 25.6 Å². The van der Waals surface area contributed by atoms with Crippen LogP contribution in [0.2, 0.25) is 0 Å². The van der Waals surface area contributed by atoms with Crippen molar-refractivity contribution in [3.05, 3.63) is 34.1 Å². The summed E-state index contributed by atoms with van der Waals surface area (Å²) in [6.07, 6.45) is 1.04. The summed E-state index contributed by atoms with van der Waals surface area (Å²) in [5, 5.41) is 10.8. The Balaban J connectivity index is 2.22. The molecule has 0 radical (unpaired) electrons. The number of nitro benzene ring substituents is 1. The van der Waals surface area contributed by atoms with E-state index in [2.05, 4.69) is 20.8 Å². The summed E-state index contributed by atoms with van der Waals surface area (Å²) in [7, 11) is 0. The van der Waals surface area contributed by atoms with Gasteiger partial charge < -0.3 is 4.90 Å². The largest absolute Gasteiger partial charge is 0.371 e.